The summed E-state index contributed by atoms with van der Waals surface area (Å²) in [6, 6.07) is 12.0. The predicted octanol–water partition coefficient (Wildman–Crippen LogP) is 3.50. The molecule has 1 aromatic heterocycles. The first-order valence-corrected chi connectivity index (χ1v) is 11.8. The third kappa shape index (κ3) is 4.17. The van der Waals surface area contributed by atoms with Crippen LogP contribution in [0, 0.1) is 5.92 Å². The number of nitrogens with zero attached hydrogens (tertiary/aromatic N) is 3. The number of halogens is 1. The van der Waals surface area contributed by atoms with E-state index >= 15 is 0 Å². The Morgan fingerprint density at radius 2 is 1.72 bits per heavy atom. The Morgan fingerprint density at radius 1 is 1.00 bits per heavy atom. The summed E-state index contributed by atoms with van der Waals surface area (Å²) < 4.78 is 27.2. The van der Waals surface area contributed by atoms with Crippen molar-refractivity contribution in [1.82, 2.24) is 14.2 Å². The molecule has 0 N–H and O–H groups in total. The first-order chi connectivity index (χ1) is 14.0. The molecule has 0 aliphatic carbocycles. The van der Waals surface area contributed by atoms with Gasteiger partial charge in [-0.2, -0.15) is 4.31 Å². The monoisotopic (exact) mass is 433 g/mol. The van der Waals surface area contributed by atoms with Gasteiger partial charge < -0.3 is 4.90 Å². The number of aromatic nitrogens is 1. The van der Waals surface area contributed by atoms with Crippen LogP contribution in [0.25, 0.3) is 0 Å². The van der Waals surface area contributed by atoms with Gasteiger partial charge in [-0.15, -0.1) is 0 Å². The maximum absolute atomic E-state index is 13.2. The standard InChI is InChI=1S/C21H24ClN3O3S/c22-17-6-8-18(9-7-17)29(27,28)24-14-10-16(11-15-24)21(26)25-13-3-5-20(25)19-4-1-2-12-23-19/h1-2,4,6-9,12,16,20H,3,5,10-11,13-15H2. The van der Waals surface area contributed by atoms with Crippen LogP contribution in [0.4, 0.5) is 0 Å². The van der Waals surface area contributed by atoms with Crippen molar-refractivity contribution in [1.29, 1.82) is 0 Å². The fourth-order valence-corrected chi connectivity index (χ4v) is 5.84. The fourth-order valence-electron chi connectivity index (χ4n) is 4.24. The molecule has 2 aliphatic heterocycles. The Morgan fingerprint density at radius 3 is 2.38 bits per heavy atom. The highest BCUT2D eigenvalue weighted by atomic mass is 35.5. The van der Waals surface area contributed by atoms with Crippen molar-refractivity contribution in [2.45, 2.75) is 36.6 Å². The van der Waals surface area contributed by atoms with Gasteiger partial charge in [0.1, 0.15) is 0 Å². The lowest BCUT2D eigenvalue weighted by Gasteiger charge is -2.34. The molecule has 6 nitrogen and oxygen atoms in total. The molecule has 8 heteroatoms. The van der Waals surface area contributed by atoms with Gasteiger partial charge >= 0.3 is 0 Å². The van der Waals surface area contributed by atoms with Crippen LogP contribution < -0.4 is 0 Å². The Labute approximate surface area is 176 Å². The number of amides is 1. The average molecular weight is 434 g/mol. The zero-order valence-corrected chi connectivity index (χ0v) is 17.6. The van der Waals surface area contributed by atoms with Gasteiger partial charge in [0.05, 0.1) is 16.6 Å². The third-order valence-corrected chi connectivity index (χ3v) is 7.98. The Bertz CT molecular complexity index is 958. The first-order valence-electron chi connectivity index (χ1n) is 9.94. The highest BCUT2D eigenvalue weighted by Crippen LogP contribution is 2.34. The molecule has 0 saturated carbocycles. The van der Waals surface area contributed by atoms with E-state index in [-0.39, 0.29) is 22.8 Å². The number of likely N-dealkylation sites (tertiary alicyclic amines) is 1. The molecule has 4 rings (SSSR count). The topological polar surface area (TPSA) is 70.6 Å². The number of carbonyl (C=O) groups is 1. The SMILES string of the molecule is O=C(C1CCN(S(=O)(=O)c2ccc(Cl)cc2)CC1)N1CCCC1c1ccccn1. The van der Waals surface area contributed by atoms with Crippen LogP contribution in [-0.4, -0.2) is 48.1 Å². The van der Waals surface area contributed by atoms with Crippen molar-refractivity contribution >= 4 is 27.5 Å². The highest BCUT2D eigenvalue weighted by molar-refractivity contribution is 7.89. The largest absolute Gasteiger partial charge is 0.334 e. The molecule has 1 unspecified atom stereocenters. The molecular weight excluding hydrogens is 410 g/mol. The maximum Gasteiger partial charge on any atom is 0.243 e. The number of rotatable bonds is 4. The van der Waals surface area contributed by atoms with Gasteiger partial charge in [0.15, 0.2) is 0 Å². The smallest absolute Gasteiger partial charge is 0.243 e. The molecular formula is C21H24ClN3O3S. The van der Waals surface area contributed by atoms with Crippen molar-refractivity contribution in [3.05, 3.63) is 59.4 Å². The van der Waals surface area contributed by atoms with Crippen molar-refractivity contribution in [2.75, 3.05) is 19.6 Å². The van der Waals surface area contributed by atoms with Gasteiger partial charge in [-0.05, 0) is 62.1 Å². The average Bonchev–Trinajstić information content (AvgIpc) is 3.24. The van der Waals surface area contributed by atoms with Crippen molar-refractivity contribution in [3.63, 3.8) is 0 Å². The second-order valence-corrected chi connectivity index (χ2v) is 9.95. The predicted molar refractivity (Wildman–Crippen MR) is 111 cm³/mol. The Hall–Kier alpha value is -1.96. The molecule has 0 radical (unpaired) electrons. The molecule has 1 atom stereocenters. The summed E-state index contributed by atoms with van der Waals surface area (Å²) in [4.78, 5) is 19.8. The normalized spacial score (nSPS) is 21.4. The van der Waals surface area contributed by atoms with Crippen LogP contribution in [0.3, 0.4) is 0 Å². The summed E-state index contributed by atoms with van der Waals surface area (Å²) in [7, 11) is -3.56. The highest BCUT2D eigenvalue weighted by Gasteiger charge is 2.38. The molecule has 0 bridgehead atoms. The van der Waals surface area contributed by atoms with Crippen LogP contribution in [0.15, 0.2) is 53.6 Å². The lowest BCUT2D eigenvalue weighted by atomic mass is 9.96. The van der Waals surface area contributed by atoms with E-state index in [0.717, 1.165) is 25.1 Å². The number of piperidine rings is 1. The molecule has 1 aromatic carbocycles. The van der Waals surface area contributed by atoms with Crippen LogP contribution in [0.1, 0.15) is 37.4 Å². The van der Waals surface area contributed by atoms with Crippen LogP contribution in [-0.2, 0) is 14.8 Å². The number of carbonyl (C=O) groups excluding carboxylic acids is 1. The molecule has 2 saturated heterocycles. The van der Waals surface area contributed by atoms with E-state index in [1.165, 1.54) is 16.4 Å². The molecule has 0 spiro atoms. The zero-order valence-electron chi connectivity index (χ0n) is 16.1. The van der Waals surface area contributed by atoms with Gasteiger partial charge in [0, 0.05) is 36.8 Å². The molecule has 2 aromatic rings. The van der Waals surface area contributed by atoms with E-state index in [9.17, 15) is 13.2 Å². The maximum atomic E-state index is 13.2. The van der Waals surface area contributed by atoms with Crippen LogP contribution >= 0.6 is 11.6 Å². The van der Waals surface area contributed by atoms with Crippen molar-refractivity contribution in [2.24, 2.45) is 5.92 Å². The Kier molecular flexibility index (Phi) is 5.90. The summed E-state index contributed by atoms with van der Waals surface area (Å²) in [5.41, 5.74) is 0.932. The molecule has 29 heavy (non-hydrogen) atoms. The van der Waals surface area contributed by atoms with Gasteiger partial charge in [-0.3, -0.25) is 9.78 Å². The summed E-state index contributed by atoms with van der Waals surface area (Å²) in [6.07, 6.45) is 4.73. The third-order valence-electron chi connectivity index (χ3n) is 5.82. The second-order valence-electron chi connectivity index (χ2n) is 7.58. The first kappa shape index (κ1) is 20.3. The quantitative estimate of drug-likeness (QED) is 0.739. The van der Waals surface area contributed by atoms with Gasteiger partial charge in [-0.1, -0.05) is 17.7 Å². The van der Waals surface area contributed by atoms with Crippen LogP contribution in [0.5, 0.6) is 0 Å². The fraction of sp³-hybridized carbons (Fsp3) is 0.429. The zero-order chi connectivity index (χ0) is 20.4. The minimum atomic E-state index is -3.56. The van der Waals surface area contributed by atoms with Crippen molar-refractivity contribution < 1.29 is 13.2 Å². The lowest BCUT2D eigenvalue weighted by Crippen LogP contribution is -2.44. The molecule has 2 fully saturated rings. The summed E-state index contributed by atoms with van der Waals surface area (Å²) in [5.74, 6) is -0.0160. The lowest BCUT2D eigenvalue weighted by molar-refractivity contribution is -0.137. The molecule has 2 aliphatic rings. The van der Waals surface area contributed by atoms with E-state index in [0.29, 0.717) is 31.0 Å². The van der Waals surface area contributed by atoms with Crippen LogP contribution in [0.2, 0.25) is 5.02 Å². The number of pyridine rings is 1. The molecule has 1 amide bonds. The molecule has 154 valence electrons. The van der Waals surface area contributed by atoms with E-state index in [1.807, 2.05) is 23.1 Å². The summed E-state index contributed by atoms with van der Waals surface area (Å²) in [6.45, 7) is 1.44. The van der Waals surface area contributed by atoms with E-state index in [4.69, 9.17) is 11.6 Å². The van der Waals surface area contributed by atoms with Gasteiger partial charge in [-0.25, -0.2) is 8.42 Å². The number of sulfonamides is 1. The Balaban J connectivity index is 1.41. The number of hydrogen-bond donors (Lipinski definition) is 0. The number of hydrogen-bond acceptors (Lipinski definition) is 4. The van der Waals surface area contributed by atoms with Gasteiger partial charge in [0.2, 0.25) is 15.9 Å². The van der Waals surface area contributed by atoms with Gasteiger partial charge in [0.25, 0.3) is 0 Å². The minimum absolute atomic E-state index is 0.0273. The summed E-state index contributed by atoms with van der Waals surface area (Å²) >= 11 is 5.86. The number of benzene rings is 1. The molecule has 3 heterocycles. The summed E-state index contributed by atoms with van der Waals surface area (Å²) in [5, 5.41) is 0.501. The van der Waals surface area contributed by atoms with Crippen molar-refractivity contribution in [3.8, 4) is 0 Å². The minimum Gasteiger partial charge on any atom is -0.334 e. The van der Waals surface area contributed by atoms with E-state index in [1.54, 1.807) is 18.3 Å². The van der Waals surface area contributed by atoms with E-state index < -0.39 is 10.0 Å². The second kappa shape index (κ2) is 8.42. The van der Waals surface area contributed by atoms with E-state index in [2.05, 4.69) is 4.98 Å².